The summed E-state index contributed by atoms with van der Waals surface area (Å²) in [5.74, 6) is 0.00378. The van der Waals surface area contributed by atoms with Crippen molar-refractivity contribution in [2.24, 2.45) is 0 Å². The predicted octanol–water partition coefficient (Wildman–Crippen LogP) is 0.879. The number of rotatable bonds is 4. The van der Waals surface area contributed by atoms with Gasteiger partial charge < -0.3 is 5.73 Å². The zero-order chi connectivity index (χ0) is 13.9. The van der Waals surface area contributed by atoms with E-state index in [1.165, 1.54) is 23.6 Å². The number of nitrogens with zero attached hydrogens (tertiary/aromatic N) is 3. The van der Waals surface area contributed by atoms with Gasteiger partial charge in [-0.2, -0.15) is 4.31 Å². The fourth-order valence-electron chi connectivity index (χ4n) is 1.62. The lowest BCUT2D eigenvalue weighted by Gasteiger charge is -2.17. The van der Waals surface area contributed by atoms with Crippen molar-refractivity contribution in [3.8, 4) is 0 Å². The second-order valence-corrected chi connectivity index (χ2v) is 6.02. The van der Waals surface area contributed by atoms with Crippen LogP contribution in [0.4, 0.5) is 5.82 Å². The third kappa shape index (κ3) is 2.88. The Morgan fingerprint density at radius 1 is 1.21 bits per heavy atom. The second-order valence-electron chi connectivity index (χ2n) is 4.00. The van der Waals surface area contributed by atoms with E-state index in [0.717, 1.165) is 5.56 Å². The van der Waals surface area contributed by atoms with Crippen LogP contribution in [0, 0.1) is 0 Å². The molecule has 2 rings (SSSR count). The van der Waals surface area contributed by atoms with Crippen molar-refractivity contribution in [2.45, 2.75) is 11.4 Å². The van der Waals surface area contributed by atoms with Gasteiger partial charge in [-0.3, -0.25) is 4.98 Å². The number of anilines is 1. The van der Waals surface area contributed by atoms with Crippen molar-refractivity contribution in [2.75, 3.05) is 12.8 Å². The minimum Gasteiger partial charge on any atom is -0.383 e. The van der Waals surface area contributed by atoms with Crippen molar-refractivity contribution in [1.29, 1.82) is 0 Å². The molecule has 0 aliphatic heterocycles. The molecule has 19 heavy (non-hydrogen) atoms. The maximum atomic E-state index is 12.3. The third-order valence-corrected chi connectivity index (χ3v) is 4.49. The van der Waals surface area contributed by atoms with Gasteiger partial charge in [0.15, 0.2) is 0 Å². The molecule has 0 fully saturated rings. The molecule has 0 atom stereocenters. The molecule has 0 bridgehead atoms. The number of hydrogen-bond acceptors (Lipinski definition) is 5. The maximum Gasteiger partial charge on any atom is 0.246 e. The van der Waals surface area contributed by atoms with E-state index in [9.17, 15) is 8.42 Å². The molecule has 0 saturated heterocycles. The molecular weight excluding hydrogens is 264 g/mol. The average molecular weight is 278 g/mol. The van der Waals surface area contributed by atoms with E-state index in [4.69, 9.17) is 5.73 Å². The van der Waals surface area contributed by atoms with E-state index in [2.05, 4.69) is 9.97 Å². The van der Waals surface area contributed by atoms with E-state index < -0.39 is 10.0 Å². The molecule has 100 valence electrons. The van der Waals surface area contributed by atoms with Crippen LogP contribution in [0.1, 0.15) is 5.56 Å². The van der Waals surface area contributed by atoms with E-state index in [0.29, 0.717) is 0 Å². The summed E-state index contributed by atoms with van der Waals surface area (Å²) in [6.07, 6.45) is 4.69. The Hall–Kier alpha value is -1.99. The summed E-state index contributed by atoms with van der Waals surface area (Å²) in [6, 6.07) is 6.52. The summed E-state index contributed by atoms with van der Waals surface area (Å²) in [4.78, 5) is 7.71. The molecule has 0 aliphatic carbocycles. The van der Waals surface area contributed by atoms with Gasteiger partial charge in [-0.15, -0.1) is 0 Å². The highest BCUT2D eigenvalue weighted by Crippen LogP contribution is 2.20. The van der Waals surface area contributed by atoms with Crippen molar-refractivity contribution in [3.05, 3.63) is 48.4 Å². The van der Waals surface area contributed by atoms with Crippen molar-refractivity contribution >= 4 is 15.8 Å². The number of nitrogens with two attached hydrogens (primary N) is 1. The van der Waals surface area contributed by atoms with Gasteiger partial charge in [0.2, 0.25) is 10.0 Å². The van der Waals surface area contributed by atoms with E-state index >= 15 is 0 Å². The molecule has 0 radical (unpaired) electrons. The summed E-state index contributed by atoms with van der Waals surface area (Å²) in [5.41, 5.74) is 6.46. The van der Waals surface area contributed by atoms with Crippen LogP contribution in [0.5, 0.6) is 0 Å². The van der Waals surface area contributed by atoms with Gasteiger partial charge in [-0.1, -0.05) is 0 Å². The van der Waals surface area contributed by atoms with Gasteiger partial charge in [0.25, 0.3) is 0 Å². The minimum absolute atomic E-state index is 0.00378. The van der Waals surface area contributed by atoms with Crippen LogP contribution < -0.4 is 5.73 Å². The lowest BCUT2D eigenvalue weighted by Crippen LogP contribution is -2.27. The lowest BCUT2D eigenvalue weighted by molar-refractivity contribution is 0.466. The Kier molecular flexibility index (Phi) is 3.77. The zero-order valence-electron chi connectivity index (χ0n) is 10.4. The second kappa shape index (κ2) is 5.33. The average Bonchev–Trinajstić information content (AvgIpc) is 2.40. The Labute approximate surface area is 112 Å². The SMILES string of the molecule is CN(Cc1ccncc1)S(=O)(=O)c1cccnc1N. The molecule has 0 spiro atoms. The molecule has 0 unspecified atom stereocenters. The Morgan fingerprint density at radius 2 is 1.89 bits per heavy atom. The van der Waals surface area contributed by atoms with Crippen LogP contribution in [0.3, 0.4) is 0 Å². The quantitative estimate of drug-likeness (QED) is 0.896. The molecule has 2 aromatic heterocycles. The fraction of sp³-hybridized carbons (Fsp3) is 0.167. The van der Waals surface area contributed by atoms with Crippen LogP contribution in [0.15, 0.2) is 47.8 Å². The Bertz CT molecular complexity index is 658. The summed E-state index contributed by atoms with van der Waals surface area (Å²) < 4.78 is 25.9. The predicted molar refractivity (Wildman–Crippen MR) is 71.5 cm³/mol. The first-order valence-electron chi connectivity index (χ1n) is 5.57. The van der Waals surface area contributed by atoms with Crippen LogP contribution in [0.25, 0.3) is 0 Å². The largest absolute Gasteiger partial charge is 0.383 e. The number of sulfonamides is 1. The molecule has 0 aliphatic rings. The van der Waals surface area contributed by atoms with Crippen molar-refractivity contribution in [3.63, 3.8) is 0 Å². The monoisotopic (exact) mass is 278 g/mol. The third-order valence-electron chi connectivity index (χ3n) is 2.64. The number of aromatic nitrogens is 2. The smallest absolute Gasteiger partial charge is 0.246 e. The first-order valence-corrected chi connectivity index (χ1v) is 7.01. The lowest BCUT2D eigenvalue weighted by atomic mass is 10.3. The van der Waals surface area contributed by atoms with Crippen LogP contribution in [-0.2, 0) is 16.6 Å². The van der Waals surface area contributed by atoms with Crippen LogP contribution in [-0.4, -0.2) is 29.7 Å². The normalized spacial score (nSPS) is 11.7. The van der Waals surface area contributed by atoms with E-state index in [-0.39, 0.29) is 17.3 Å². The van der Waals surface area contributed by atoms with Gasteiger partial charge >= 0.3 is 0 Å². The Balaban J connectivity index is 2.28. The highest BCUT2D eigenvalue weighted by molar-refractivity contribution is 7.89. The summed E-state index contributed by atoms with van der Waals surface area (Å²) in [5, 5.41) is 0. The number of hydrogen-bond donors (Lipinski definition) is 1. The number of nitrogen functional groups attached to an aromatic ring is 1. The Morgan fingerprint density at radius 3 is 2.53 bits per heavy atom. The summed E-state index contributed by atoms with van der Waals surface area (Å²) in [6.45, 7) is 0.249. The minimum atomic E-state index is -3.64. The van der Waals surface area contributed by atoms with Crippen LogP contribution in [0.2, 0.25) is 0 Å². The molecule has 6 nitrogen and oxygen atoms in total. The van der Waals surface area contributed by atoms with E-state index in [1.54, 1.807) is 30.6 Å². The molecular formula is C12H14N4O2S. The van der Waals surface area contributed by atoms with Gasteiger partial charge in [0.05, 0.1) is 0 Å². The topological polar surface area (TPSA) is 89.2 Å². The summed E-state index contributed by atoms with van der Waals surface area (Å²) in [7, 11) is -2.14. The molecule has 0 amide bonds. The highest BCUT2D eigenvalue weighted by Gasteiger charge is 2.23. The molecule has 2 N–H and O–H groups in total. The summed E-state index contributed by atoms with van der Waals surface area (Å²) >= 11 is 0. The highest BCUT2D eigenvalue weighted by atomic mass is 32.2. The molecule has 2 aromatic rings. The molecule has 0 saturated carbocycles. The van der Waals surface area contributed by atoms with Gasteiger partial charge in [0, 0.05) is 32.2 Å². The van der Waals surface area contributed by atoms with Crippen molar-refractivity contribution in [1.82, 2.24) is 14.3 Å². The molecule has 0 aromatic carbocycles. The van der Waals surface area contributed by atoms with Crippen LogP contribution >= 0.6 is 0 Å². The fourth-order valence-corrected chi connectivity index (χ4v) is 2.84. The van der Waals surface area contributed by atoms with Gasteiger partial charge in [-0.25, -0.2) is 13.4 Å². The molecule has 2 heterocycles. The van der Waals surface area contributed by atoms with Crippen molar-refractivity contribution < 1.29 is 8.42 Å². The number of pyridine rings is 2. The first kappa shape index (κ1) is 13.4. The van der Waals surface area contributed by atoms with E-state index in [1.807, 2.05) is 0 Å². The van der Waals surface area contributed by atoms with Gasteiger partial charge in [-0.05, 0) is 29.8 Å². The standard InChI is InChI=1S/C12H14N4O2S/c1-16(9-10-4-7-14-8-5-10)19(17,18)11-3-2-6-15-12(11)13/h2-8H,9H2,1H3,(H2,13,15). The molecule has 7 heteroatoms. The van der Waals surface area contributed by atoms with Gasteiger partial charge in [0.1, 0.15) is 10.7 Å². The first-order chi connectivity index (χ1) is 9.01. The zero-order valence-corrected chi connectivity index (χ0v) is 11.2. The maximum absolute atomic E-state index is 12.3.